The molecule has 3 aliphatic carbocycles. The van der Waals surface area contributed by atoms with Gasteiger partial charge in [-0.2, -0.15) is 0 Å². The van der Waals surface area contributed by atoms with E-state index >= 15 is 0 Å². The number of unbranched alkanes of at least 4 members (excludes halogenated alkanes) is 1. The number of rotatable bonds is 8. The summed E-state index contributed by atoms with van der Waals surface area (Å²) < 4.78 is 6.10. The lowest BCUT2D eigenvalue weighted by Gasteiger charge is -2.42. The number of ketones is 2. The molecule has 218 valence electrons. The molecule has 0 aromatic heterocycles. The predicted octanol–water partition coefficient (Wildman–Crippen LogP) is 7.59. The number of fused-ring (bicyclic) bond motifs is 3. The molecule has 2 unspecified atom stereocenters. The number of hydrogen-bond acceptors (Lipinski definition) is 6. The number of hydrogen-bond donors (Lipinski definition) is 2. The Morgan fingerprint density at radius 3 is 2.29 bits per heavy atom. The standard InChI is InChI=1S/C36H40N2O4/c1-2-3-9-22-14-15-25-19-26(17-16-24(25)18-22)42-36(41)29-20-30(38-21-23-10-5-4-6-11-23)31-32(33(29)37)35(40)28-13-8-7-12-27(28)34(31)39/h4-8,10-13,20,22,24-26,38H,2-3,9,14-19,21,37H2,1H3/t22?,24-,25?,26-/m1/s1. The number of nitrogens with one attached hydrogen (secondary N) is 1. The number of anilines is 2. The number of carbonyl (C=O) groups excluding carboxylic acids is 3. The number of nitrogens with two attached hydrogens (primary N) is 1. The normalized spacial score (nSPS) is 23.0. The van der Waals surface area contributed by atoms with Gasteiger partial charge in [0.2, 0.25) is 0 Å². The molecule has 3 N–H and O–H groups in total. The lowest BCUT2D eigenvalue weighted by Crippen LogP contribution is -2.35. The molecule has 0 saturated heterocycles. The van der Waals surface area contributed by atoms with Crippen molar-refractivity contribution in [2.45, 2.75) is 77.4 Å². The van der Waals surface area contributed by atoms with Crippen LogP contribution in [0.5, 0.6) is 0 Å². The quantitative estimate of drug-likeness (QED) is 0.169. The summed E-state index contributed by atoms with van der Waals surface area (Å²) in [7, 11) is 0. The van der Waals surface area contributed by atoms with Gasteiger partial charge >= 0.3 is 5.97 Å². The van der Waals surface area contributed by atoms with Crippen LogP contribution in [0, 0.1) is 17.8 Å². The van der Waals surface area contributed by atoms with Crippen molar-refractivity contribution in [3.05, 3.63) is 94.0 Å². The Labute approximate surface area is 248 Å². The highest BCUT2D eigenvalue weighted by molar-refractivity contribution is 6.32. The molecule has 0 radical (unpaired) electrons. The molecule has 6 rings (SSSR count). The third-order valence-electron chi connectivity index (χ3n) is 9.70. The van der Waals surface area contributed by atoms with Crippen LogP contribution in [-0.4, -0.2) is 23.6 Å². The topological polar surface area (TPSA) is 98.5 Å². The molecule has 42 heavy (non-hydrogen) atoms. The lowest BCUT2D eigenvalue weighted by atomic mass is 9.66. The van der Waals surface area contributed by atoms with Crippen molar-refractivity contribution in [1.82, 2.24) is 0 Å². The van der Waals surface area contributed by atoms with Crippen LogP contribution < -0.4 is 11.1 Å². The second kappa shape index (κ2) is 12.1. The molecule has 2 saturated carbocycles. The van der Waals surface area contributed by atoms with Gasteiger partial charge in [0, 0.05) is 23.4 Å². The molecule has 3 aliphatic rings. The van der Waals surface area contributed by atoms with E-state index in [9.17, 15) is 14.4 Å². The summed E-state index contributed by atoms with van der Waals surface area (Å²) in [4.78, 5) is 41.1. The second-order valence-electron chi connectivity index (χ2n) is 12.4. The van der Waals surface area contributed by atoms with Gasteiger partial charge in [-0.05, 0) is 61.5 Å². The van der Waals surface area contributed by atoms with Gasteiger partial charge in [-0.25, -0.2) is 4.79 Å². The molecule has 6 nitrogen and oxygen atoms in total. The van der Waals surface area contributed by atoms with E-state index < -0.39 is 5.97 Å². The predicted molar refractivity (Wildman–Crippen MR) is 165 cm³/mol. The van der Waals surface area contributed by atoms with Gasteiger partial charge in [0.05, 0.1) is 22.4 Å². The molecule has 3 aromatic rings. The Kier molecular flexibility index (Phi) is 8.14. The average molecular weight is 565 g/mol. The van der Waals surface area contributed by atoms with Crippen LogP contribution >= 0.6 is 0 Å². The Bertz CT molecular complexity index is 1500. The van der Waals surface area contributed by atoms with Crippen molar-refractivity contribution < 1.29 is 19.1 Å². The first-order valence-electron chi connectivity index (χ1n) is 15.6. The molecule has 6 heteroatoms. The minimum absolute atomic E-state index is 0.0123. The van der Waals surface area contributed by atoms with E-state index in [4.69, 9.17) is 10.5 Å². The molecule has 2 fully saturated rings. The number of esters is 1. The van der Waals surface area contributed by atoms with Crippen LogP contribution in [0.2, 0.25) is 0 Å². The zero-order valence-electron chi connectivity index (χ0n) is 24.4. The summed E-state index contributed by atoms with van der Waals surface area (Å²) >= 11 is 0. The molecule has 0 aliphatic heterocycles. The van der Waals surface area contributed by atoms with Crippen molar-refractivity contribution in [3.63, 3.8) is 0 Å². The smallest absolute Gasteiger partial charge is 0.340 e. The number of nitrogen functional groups attached to an aromatic ring is 1. The summed E-state index contributed by atoms with van der Waals surface area (Å²) in [5.74, 6) is 0.992. The van der Waals surface area contributed by atoms with Crippen molar-refractivity contribution in [2.24, 2.45) is 17.8 Å². The molecule has 0 amide bonds. The molecule has 0 spiro atoms. The van der Waals surface area contributed by atoms with Crippen molar-refractivity contribution in [3.8, 4) is 0 Å². The van der Waals surface area contributed by atoms with Crippen LogP contribution in [0.1, 0.15) is 112 Å². The van der Waals surface area contributed by atoms with Gasteiger partial charge in [0.1, 0.15) is 6.10 Å². The van der Waals surface area contributed by atoms with Gasteiger partial charge in [0.25, 0.3) is 0 Å². The van der Waals surface area contributed by atoms with Crippen LogP contribution in [0.4, 0.5) is 11.4 Å². The highest BCUT2D eigenvalue weighted by atomic mass is 16.5. The van der Waals surface area contributed by atoms with Crippen LogP contribution in [0.15, 0.2) is 60.7 Å². The van der Waals surface area contributed by atoms with Gasteiger partial charge in [-0.3, -0.25) is 9.59 Å². The molecular formula is C36H40N2O4. The summed E-state index contributed by atoms with van der Waals surface area (Å²) in [6.45, 7) is 2.68. The number of benzene rings is 3. The molecule has 4 atom stereocenters. The first kappa shape index (κ1) is 28.2. The van der Waals surface area contributed by atoms with E-state index in [1.165, 1.54) is 38.5 Å². The molecular weight excluding hydrogens is 524 g/mol. The summed E-state index contributed by atoms with van der Waals surface area (Å²) in [6.07, 6.45) is 10.3. The fraction of sp³-hybridized carbons (Fsp3) is 0.417. The zero-order chi connectivity index (χ0) is 29.2. The number of carbonyl (C=O) groups is 3. The highest BCUT2D eigenvalue weighted by Crippen LogP contribution is 2.45. The third-order valence-corrected chi connectivity index (χ3v) is 9.70. The van der Waals surface area contributed by atoms with Crippen molar-refractivity contribution in [2.75, 3.05) is 11.1 Å². The van der Waals surface area contributed by atoms with E-state index in [2.05, 4.69) is 12.2 Å². The average Bonchev–Trinajstić information content (AvgIpc) is 3.02. The summed E-state index contributed by atoms with van der Waals surface area (Å²) in [5, 5.41) is 3.32. The van der Waals surface area contributed by atoms with E-state index in [0.29, 0.717) is 29.3 Å². The van der Waals surface area contributed by atoms with E-state index in [0.717, 1.165) is 36.7 Å². The minimum Gasteiger partial charge on any atom is -0.459 e. The van der Waals surface area contributed by atoms with E-state index in [-0.39, 0.29) is 40.0 Å². The van der Waals surface area contributed by atoms with Gasteiger partial charge in [-0.1, -0.05) is 87.2 Å². The van der Waals surface area contributed by atoms with Crippen molar-refractivity contribution in [1.29, 1.82) is 0 Å². The van der Waals surface area contributed by atoms with Crippen LogP contribution in [-0.2, 0) is 11.3 Å². The Hall–Kier alpha value is -3.93. The third kappa shape index (κ3) is 5.47. The Morgan fingerprint density at radius 2 is 1.55 bits per heavy atom. The van der Waals surface area contributed by atoms with Gasteiger partial charge < -0.3 is 15.8 Å². The Morgan fingerprint density at radius 1 is 0.881 bits per heavy atom. The summed E-state index contributed by atoms with van der Waals surface area (Å²) in [5.41, 5.74) is 9.05. The molecule has 3 aromatic carbocycles. The highest BCUT2D eigenvalue weighted by Gasteiger charge is 2.39. The molecule has 0 bridgehead atoms. The fourth-order valence-electron chi connectivity index (χ4n) is 7.44. The maximum atomic E-state index is 13.7. The second-order valence-corrected chi connectivity index (χ2v) is 12.4. The lowest BCUT2D eigenvalue weighted by molar-refractivity contribution is -0.00618. The first-order chi connectivity index (χ1) is 20.4. The fourth-order valence-corrected chi connectivity index (χ4v) is 7.44. The van der Waals surface area contributed by atoms with Crippen LogP contribution in [0.25, 0.3) is 0 Å². The zero-order valence-corrected chi connectivity index (χ0v) is 24.4. The summed E-state index contributed by atoms with van der Waals surface area (Å²) in [6, 6.07) is 18.1. The van der Waals surface area contributed by atoms with Gasteiger partial charge in [-0.15, -0.1) is 0 Å². The SMILES string of the molecule is CCCCC1CCC2C[C@H](OC(=O)c3cc(NCc4ccccc4)c4c(c3N)C(=O)c3ccccc3C4=O)CC[C@@H]2C1. The van der Waals surface area contributed by atoms with Gasteiger partial charge in [0.15, 0.2) is 11.6 Å². The maximum Gasteiger partial charge on any atom is 0.340 e. The first-order valence-corrected chi connectivity index (χ1v) is 15.6. The number of ether oxygens (including phenoxy) is 1. The monoisotopic (exact) mass is 564 g/mol. The molecule has 0 heterocycles. The van der Waals surface area contributed by atoms with Crippen LogP contribution in [0.3, 0.4) is 0 Å². The maximum absolute atomic E-state index is 13.7. The minimum atomic E-state index is -0.530. The largest absolute Gasteiger partial charge is 0.459 e. The van der Waals surface area contributed by atoms with E-state index in [1.54, 1.807) is 30.3 Å². The van der Waals surface area contributed by atoms with Crippen molar-refractivity contribution >= 4 is 28.9 Å². The Balaban J connectivity index is 1.26. The van der Waals surface area contributed by atoms with E-state index in [1.807, 2.05) is 30.3 Å².